The number of hydrogen-bond donors (Lipinski definition) is 8. The smallest absolute Gasteiger partial charge is 0.255 e. The van der Waals surface area contributed by atoms with E-state index in [4.69, 9.17) is 14.2 Å². The first kappa shape index (κ1) is 42.3. The second kappa shape index (κ2) is 20.9. The Morgan fingerprint density at radius 3 is 2.51 bits per heavy atom. The number of amides is 3. The van der Waals surface area contributed by atoms with E-state index < -0.39 is 11.9 Å². The van der Waals surface area contributed by atoms with Crippen LogP contribution in [0.25, 0.3) is 0 Å². The summed E-state index contributed by atoms with van der Waals surface area (Å²) in [6, 6.07) is 6.81. The molecule has 57 heavy (non-hydrogen) atoms. The molecule has 6 aliphatic rings. The van der Waals surface area contributed by atoms with Gasteiger partial charge in [-0.05, 0) is 56.6 Å². The summed E-state index contributed by atoms with van der Waals surface area (Å²) in [6.45, 7) is 12.5. The summed E-state index contributed by atoms with van der Waals surface area (Å²) >= 11 is 0. The van der Waals surface area contributed by atoms with Crippen molar-refractivity contribution < 1.29 is 28.6 Å². The van der Waals surface area contributed by atoms with Gasteiger partial charge in [0.15, 0.2) is 0 Å². The van der Waals surface area contributed by atoms with E-state index in [1.54, 1.807) is 11.0 Å². The third-order valence-corrected chi connectivity index (χ3v) is 12.7. The van der Waals surface area contributed by atoms with Crippen LogP contribution in [0.5, 0.6) is 0 Å². The molecule has 1 aliphatic carbocycles. The van der Waals surface area contributed by atoms with E-state index in [0.29, 0.717) is 95.2 Å². The SMILES string of the molecule is CCC(CC)C1CC(N[C@H]2CC[C@H](NCCOCCOCCOCCN3CC(CNc4cccc5c4CN(C4CCC(=O)NC4=O)C5=O)NN3)C2)N2NCCC2N1. The van der Waals surface area contributed by atoms with Gasteiger partial charge in [0.2, 0.25) is 11.8 Å². The minimum Gasteiger partial charge on any atom is -0.383 e. The lowest BCUT2D eigenvalue weighted by Crippen LogP contribution is -2.66. The molecule has 5 unspecified atom stereocenters. The third kappa shape index (κ3) is 11.1. The number of carbonyl (C=O) groups is 3. The topological polar surface area (TPSA) is 185 Å². The fourth-order valence-corrected chi connectivity index (χ4v) is 9.50. The lowest BCUT2D eigenvalue weighted by Gasteiger charge is -2.45. The van der Waals surface area contributed by atoms with Crippen molar-refractivity contribution in [1.29, 1.82) is 0 Å². The largest absolute Gasteiger partial charge is 0.383 e. The Morgan fingerprint density at radius 1 is 0.912 bits per heavy atom. The molecule has 7 rings (SSSR count). The summed E-state index contributed by atoms with van der Waals surface area (Å²) in [4.78, 5) is 38.7. The second-order valence-corrected chi connectivity index (χ2v) is 16.4. The average molecular weight is 798 g/mol. The number of carbonyl (C=O) groups excluding carboxylic acids is 3. The summed E-state index contributed by atoms with van der Waals surface area (Å²) in [7, 11) is 0. The van der Waals surface area contributed by atoms with Gasteiger partial charge in [0, 0.05) is 80.6 Å². The number of rotatable bonds is 22. The average Bonchev–Trinajstić information content (AvgIpc) is 4.03. The predicted octanol–water partition coefficient (Wildman–Crippen LogP) is 0.364. The van der Waals surface area contributed by atoms with Gasteiger partial charge in [-0.2, -0.15) is 5.53 Å². The molecule has 5 aliphatic heterocycles. The first-order chi connectivity index (χ1) is 27.9. The quantitative estimate of drug-likeness (QED) is 0.0594. The number of imide groups is 1. The molecule has 5 fully saturated rings. The highest BCUT2D eigenvalue weighted by Gasteiger charge is 2.42. The molecule has 0 radical (unpaired) electrons. The van der Waals surface area contributed by atoms with Crippen molar-refractivity contribution in [1.82, 2.24) is 52.6 Å². The first-order valence-corrected chi connectivity index (χ1v) is 21.7. The van der Waals surface area contributed by atoms with Crippen LogP contribution in [0, 0.1) is 5.92 Å². The zero-order valence-corrected chi connectivity index (χ0v) is 34.0. The fourth-order valence-electron chi connectivity index (χ4n) is 9.50. The Kier molecular flexibility index (Phi) is 15.5. The standard InChI is InChI=1S/C40H67N11O6/c1-3-27(4-2)34-23-37(51-36(45-34)12-13-43-51)44-29-9-8-28(22-29)41-14-16-55-18-20-57-21-19-56-17-15-49-25-30(47-48-49)24-42-33-7-5-6-31-32(33)26-50(40(31)54)35-10-11-38(52)46-39(35)53/h5-7,27-30,34-37,41-45,47-48H,3-4,8-26H2,1-2H3,(H,46,52,53)/t28-,29-,30?,34?,35?,36?,37?/m0/s1. The van der Waals surface area contributed by atoms with Gasteiger partial charge in [-0.1, -0.05) is 32.8 Å². The number of piperidine rings is 1. The van der Waals surface area contributed by atoms with Gasteiger partial charge in [0.25, 0.3) is 5.91 Å². The summed E-state index contributed by atoms with van der Waals surface area (Å²) in [6.07, 6.45) is 9.81. The van der Waals surface area contributed by atoms with Crippen LogP contribution < -0.4 is 43.0 Å². The highest BCUT2D eigenvalue weighted by atomic mass is 16.5. The Bertz CT molecular complexity index is 1490. The van der Waals surface area contributed by atoms with Crippen LogP contribution in [0.3, 0.4) is 0 Å². The number of hydrazine groups is 3. The first-order valence-electron chi connectivity index (χ1n) is 21.7. The van der Waals surface area contributed by atoms with Crippen molar-refractivity contribution in [3.8, 4) is 0 Å². The van der Waals surface area contributed by atoms with E-state index in [9.17, 15) is 14.4 Å². The molecule has 1 saturated carbocycles. The van der Waals surface area contributed by atoms with Crippen LogP contribution in [0.1, 0.15) is 87.6 Å². The minimum absolute atomic E-state index is 0.141. The molecule has 318 valence electrons. The molecule has 4 saturated heterocycles. The number of nitrogens with one attached hydrogen (secondary N) is 8. The van der Waals surface area contributed by atoms with Crippen molar-refractivity contribution in [3.63, 3.8) is 0 Å². The van der Waals surface area contributed by atoms with E-state index in [-0.39, 0.29) is 24.3 Å². The van der Waals surface area contributed by atoms with Crippen molar-refractivity contribution >= 4 is 23.4 Å². The lowest BCUT2D eigenvalue weighted by atomic mass is 9.89. The molecule has 17 heteroatoms. The van der Waals surface area contributed by atoms with Gasteiger partial charge in [-0.3, -0.25) is 35.8 Å². The monoisotopic (exact) mass is 798 g/mol. The summed E-state index contributed by atoms with van der Waals surface area (Å²) in [5, 5.41) is 22.1. The number of fused-ring (bicyclic) bond motifs is 2. The molecule has 3 amide bonds. The number of benzene rings is 1. The highest BCUT2D eigenvalue weighted by Crippen LogP contribution is 2.33. The lowest BCUT2D eigenvalue weighted by molar-refractivity contribution is -0.136. The van der Waals surface area contributed by atoms with Crippen LogP contribution in [-0.4, -0.2) is 148 Å². The maximum Gasteiger partial charge on any atom is 0.255 e. The van der Waals surface area contributed by atoms with E-state index in [0.717, 1.165) is 49.8 Å². The van der Waals surface area contributed by atoms with Gasteiger partial charge in [0.1, 0.15) is 6.04 Å². The van der Waals surface area contributed by atoms with E-state index in [1.807, 2.05) is 12.1 Å². The highest BCUT2D eigenvalue weighted by molar-refractivity contribution is 6.06. The van der Waals surface area contributed by atoms with Gasteiger partial charge in [0.05, 0.1) is 58.0 Å². The molecule has 17 nitrogen and oxygen atoms in total. The van der Waals surface area contributed by atoms with E-state index in [1.165, 1.54) is 38.5 Å². The van der Waals surface area contributed by atoms with Crippen molar-refractivity contribution in [2.75, 3.05) is 77.7 Å². The molecule has 1 aromatic carbocycles. The van der Waals surface area contributed by atoms with Crippen LogP contribution in [0.15, 0.2) is 18.2 Å². The zero-order chi connectivity index (χ0) is 39.6. The van der Waals surface area contributed by atoms with E-state index in [2.05, 4.69) is 66.8 Å². The number of anilines is 1. The Balaban J connectivity index is 0.679. The molecule has 0 spiro atoms. The zero-order valence-electron chi connectivity index (χ0n) is 34.0. The van der Waals surface area contributed by atoms with Gasteiger partial charge >= 0.3 is 0 Å². The third-order valence-electron chi connectivity index (χ3n) is 12.7. The number of ether oxygens (including phenoxy) is 3. The number of nitrogens with zero attached hydrogens (tertiary/aromatic N) is 3. The molecule has 0 aromatic heterocycles. The molecule has 8 N–H and O–H groups in total. The minimum atomic E-state index is -0.627. The molecular formula is C40H67N11O6. The molecule has 1 aromatic rings. The van der Waals surface area contributed by atoms with Gasteiger partial charge in [-0.15, -0.1) is 0 Å². The molecule has 7 atom stereocenters. The molecule has 5 heterocycles. The van der Waals surface area contributed by atoms with Gasteiger partial charge < -0.3 is 29.7 Å². The maximum absolute atomic E-state index is 13.1. The number of hydrogen-bond acceptors (Lipinski definition) is 15. The Hall–Kier alpha value is -2.81. The molecular weight excluding hydrogens is 731 g/mol. The molecule has 0 bridgehead atoms. The van der Waals surface area contributed by atoms with E-state index >= 15 is 0 Å². The fraction of sp³-hybridized carbons (Fsp3) is 0.775. The van der Waals surface area contributed by atoms with Crippen molar-refractivity contribution in [2.45, 2.75) is 121 Å². The van der Waals surface area contributed by atoms with Crippen LogP contribution in [-0.2, 0) is 30.3 Å². The second-order valence-electron chi connectivity index (χ2n) is 16.4. The normalized spacial score (nSPS) is 29.4. The van der Waals surface area contributed by atoms with Crippen molar-refractivity contribution in [2.24, 2.45) is 5.92 Å². The summed E-state index contributed by atoms with van der Waals surface area (Å²) < 4.78 is 17.3. The van der Waals surface area contributed by atoms with Crippen LogP contribution >= 0.6 is 0 Å². The van der Waals surface area contributed by atoms with Crippen molar-refractivity contribution in [3.05, 3.63) is 29.3 Å². The van der Waals surface area contributed by atoms with Gasteiger partial charge in [-0.25, -0.2) is 15.4 Å². The summed E-state index contributed by atoms with van der Waals surface area (Å²) in [5.41, 5.74) is 12.5. The predicted molar refractivity (Wildman–Crippen MR) is 215 cm³/mol. The maximum atomic E-state index is 13.1. The van der Waals surface area contributed by atoms with Crippen LogP contribution in [0.4, 0.5) is 5.69 Å². The Morgan fingerprint density at radius 2 is 1.70 bits per heavy atom. The van der Waals surface area contributed by atoms with Crippen LogP contribution in [0.2, 0.25) is 0 Å². The summed E-state index contributed by atoms with van der Waals surface area (Å²) in [5.74, 6) is -0.121. The Labute approximate surface area is 337 Å².